The molecule has 2 atom stereocenters. The van der Waals surface area contributed by atoms with Crippen LogP contribution in [0.3, 0.4) is 0 Å². The van der Waals surface area contributed by atoms with Gasteiger partial charge in [0.2, 0.25) is 0 Å². The molecule has 2 nitrogen and oxygen atoms in total. The second-order valence-corrected chi connectivity index (χ2v) is 5.51. The number of hydrogen-bond acceptors (Lipinski definition) is 2. The van der Waals surface area contributed by atoms with Gasteiger partial charge in [0.25, 0.3) is 0 Å². The summed E-state index contributed by atoms with van der Waals surface area (Å²) in [6.45, 7) is 7.85. The molecule has 1 aliphatic carbocycles. The Morgan fingerprint density at radius 1 is 1.40 bits per heavy atom. The second-order valence-electron chi connectivity index (χ2n) is 5.51. The van der Waals surface area contributed by atoms with Crippen LogP contribution in [0.4, 0.5) is 0 Å². The van der Waals surface area contributed by atoms with Gasteiger partial charge in [0, 0.05) is 19.2 Å². The van der Waals surface area contributed by atoms with Gasteiger partial charge in [-0.15, -0.1) is 0 Å². The highest BCUT2D eigenvalue weighted by Gasteiger charge is 2.32. The number of nitrogens with one attached hydrogen (secondary N) is 1. The molecule has 1 saturated carbocycles. The van der Waals surface area contributed by atoms with Gasteiger partial charge < -0.3 is 10.1 Å². The fourth-order valence-electron chi connectivity index (χ4n) is 2.57. The molecule has 0 saturated heterocycles. The van der Waals surface area contributed by atoms with Crippen LogP contribution >= 0.6 is 0 Å². The second kappa shape index (κ2) is 5.86. The van der Waals surface area contributed by atoms with Gasteiger partial charge >= 0.3 is 0 Å². The summed E-state index contributed by atoms with van der Waals surface area (Å²) in [7, 11) is 1.79. The molecule has 1 N–H and O–H groups in total. The maximum atomic E-state index is 5.24. The Bertz CT molecular complexity index is 179. The molecule has 2 heteroatoms. The van der Waals surface area contributed by atoms with Crippen molar-refractivity contribution in [2.24, 2.45) is 5.41 Å². The maximum Gasteiger partial charge on any atom is 0.0615 e. The van der Waals surface area contributed by atoms with Crippen LogP contribution in [0, 0.1) is 5.41 Å². The van der Waals surface area contributed by atoms with Crippen molar-refractivity contribution in [2.75, 3.05) is 13.7 Å². The summed E-state index contributed by atoms with van der Waals surface area (Å²) in [4.78, 5) is 0. The topological polar surface area (TPSA) is 21.3 Å². The molecule has 1 fully saturated rings. The average molecular weight is 213 g/mol. The first kappa shape index (κ1) is 13.0. The monoisotopic (exact) mass is 213 g/mol. The summed E-state index contributed by atoms with van der Waals surface area (Å²) in [6, 6.07) is 1.20. The van der Waals surface area contributed by atoms with E-state index in [0.717, 1.165) is 13.0 Å². The van der Waals surface area contributed by atoms with Crippen LogP contribution in [0.1, 0.15) is 52.9 Å². The lowest BCUT2D eigenvalue weighted by Gasteiger charge is -2.41. The van der Waals surface area contributed by atoms with Gasteiger partial charge in [-0.1, -0.05) is 33.6 Å². The molecule has 2 unspecified atom stereocenters. The van der Waals surface area contributed by atoms with Crippen molar-refractivity contribution in [3.05, 3.63) is 0 Å². The summed E-state index contributed by atoms with van der Waals surface area (Å²) in [5.41, 5.74) is 0.458. The smallest absolute Gasteiger partial charge is 0.0615 e. The Morgan fingerprint density at radius 2 is 2.13 bits per heavy atom. The van der Waals surface area contributed by atoms with Gasteiger partial charge in [-0.2, -0.15) is 0 Å². The zero-order valence-electron chi connectivity index (χ0n) is 10.8. The molecule has 0 aliphatic heterocycles. The Hall–Kier alpha value is -0.0800. The van der Waals surface area contributed by atoms with Crippen molar-refractivity contribution in [1.82, 2.24) is 5.32 Å². The van der Waals surface area contributed by atoms with E-state index in [0.29, 0.717) is 17.5 Å². The van der Waals surface area contributed by atoms with Crippen LogP contribution in [-0.4, -0.2) is 25.8 Å². The van der Waals surface area contributed by atoms with E-state index in [9.17, 15) is 0 Å². The van der Waals surface area contributed by atoms with Crippen LogP contribution < -0.4 is 5.32 Å². The minimum absolute atomic E-state index is 0.458. The van der Waals surface area contributed by atoms with Crippen molar-refractivity contribution < 1.29 is 4.74 Å². The quantitative estimate of drug-likeness (QED) is 0.758. The average Bonchev–Trinajstić information content (AvgIpc) is 2.20. The minimum atomic E-state index is 0.458. The van der Waals surface area contributed by atoms with Gasteiger partial charge in [0.15, 0.2) is 0 Å². The van der Waals surface area contributed by atoms with E-state index in [1.54, 1.807) is 7.11 Å². The molecule has 1 aliphatic rings. The first-order valence-electron chi connectivity index (χ1n) is 6.35. The lowest BCUT2D eigenvalue weighted by molar-refractivity contribution is 0.114. The van der Waals surface area contributed by atoms with Crippen LogP contribution in [-0.2, 0) is 4.74 Å². The molecule has 1 rings (SSSR count). The van der Waals surface area contributed by atoms with E-state index in [1.807, 2.05) is 0 Å². The summed E-state index contributed by atoms with van der Waals surface area (Å²) in [5.74, 6) is 0. The molecule has 0 radical (unpaired) electrons. The van der Waals surface area contributed by atoms with Gasteiger partial charge in [0.1, 0.15) is 0 Å². The fourth-order valence-corrected chi connectivity index (χ4v) is 2.57. The lowest BCUT2D eigenvalue weighted by atomic mass is 9.73. The largest absolute Gasteiger partial charge is 0.383 e. The molecule has 0 heterocycles. The Kier molecular flexibility index (Phi) is 5.07. The van der Waals surface area contributed by atoms with Crippen molar-refractivity contribution in [2.45, 2.75) is 65.0 Å². The van der Waals surface area contributed by atoms with E-state index in [1.165, 1.54) is 25.7 Å². The third-order valence-corrected chi connectivity index (χ3v) is 3.80. The van der Waals surface area contributed by atoms with Gasteiger partial charge in [0.05, 0.1) is 6.61 Å². The zero-order chi connectivity index (χ0) is 11.3. The third-order valence-electron chi connectivity index (χ3n) is 3.80. The number of hydrogen-bond donors (Lipinski definition) is 1. The zero-order valence-corrected chi connectivity index (χ0v) is 10.8. The third kappa shape index (κ3) is 3.76. The molecule has 0 spiro atoms. The predicted octanol–water partition coefficient (Wildman–Crippen LogP) is 2.97. The lowest BCUT2D eigenvalue weighted by Crippen LogP contribution is -2.49. The predicted molar refractivity (Wildman–Crippen MR) is 65.1 cm³/mol. The molecule has 0 bridgehead atoms. The van der Waals surface area contributed by atoms with E-state index in [-0.39, 0.29) is 0 Å². The van der Waals surface area contributed by atoms with Crippen LogP contribution in [0.2, 0.25) is 0 Å². The van der Waals surface area contributed by atoms with Crippen molar-refractivity contribution in [3.63, 3.8) is 0 Å². The molecule has 0 aromatic carbocycles. The molecule has 0 aromatic heterocycles. The normalized spacial score (nSPS) is 27.6. The first-order valence-corrected chi connectivity index (χ1v) is 6.35. The standard InChI is InChI=1S/C13H27NO/c1-5-11(10-15-4)14-12-8-6-7-9-13(12,2)3/h11-12,14H,5-10H2,1-4H3. The fraction of sp³-hybridized carbons (Fsp3) is 1.00. The minimum Gasteiger partial charge on any atom is -0.383 e. The Labute approximate surface area is 94.8 Å². The van der Waals surface area contributed by atoms with Gasteiger partial charge in [-0.25, -0.2) is 0 Å². The summed E-state index contributed by atoms with van der Waals surface area (Å²) >= 11 is 0. The SMILES string of the molecule is CCC(COC)NC1CCCCC1(C)C. The molecule has 90 valence electrons. The first-order chi connectivity index (χ1) is 7.10. The van der Waals surface area contributed by atoms with E-state index >= 15 is 0 Å². The number of rotatable bonds is 5. The number of ether oxygens (including phenoxy) is 1. The molecule has 0 aromatic rings. The summed E-state index contributed by atoms with van der Waals surface area (Å²) < 4.78 is 5.24. The molecule has 15 heavy (non-hydrogen) atoms. The summed E-state index contributed by atoms with van der Waals surface area (Å²) in [5, 5.41) is 3.77. The highest BCUT2D eigenvalue weighted by Crippen LogP contribution is 2.35. The number of methoxy groups -OCH3 is 1. The summed E-state index contributed by atoms with van der Waals surface area (Å²) in [6.07, 6.45) is 6.61. The van der Waals surface area contributed by atoms with Crippen molar-refractivity contribution in [1.29, 1.82) is 0 Å². The van der Waals surface area contributed by atoms with Gasteiger partial charge in [-0.3, -0.25) is 0 Å². The Morgan fingerprint density at radius 3 is 2.67 bits per heavy atom. The van der Waals surface area contributed by atoms with Crippen molar-refractivity contribution >= 4 is 0 Å². The van der Waals surface area contributed by atoms with E-state index < -0.39 is 0 Å². The van der Waals surface area contributed by atoms with Crippen LogP contribution in [0.5, 0.6) is 0 Å². The molecular weight excluding hydrogens is 186 g/mol. The molecular formula is C13H27NO. The van der Waals surface area contributed by atoms with E-state index in [4.69, 9.17) is 4.74 Å². The van der Waals surface area contributed by atoms with Crippen LogP contribution in [0.25, 0.3) is 0 Å². The highest BCUT2D eigenvalue weighted by molar-refractivity contribution is 4.89. The maximum absolute atomic E-state index is 5.24. The Balaban J connectivity index is 2.46. The highest BCUT2D eigenvalue weighted by atomic mass is 16.5. The van der Waals surface area contributed by atoms with Crippen LogP contribution in [0.15, 0.2) is 0 Å². The van der Waals surface area contributed by atoms with Crippen molar-refractivity contribution in [3.8, 4) is 0 Å². The molecule has 0 amide bonds. The van der Waals surface area contributed by atoms with E-state index in [2.05, 4.69) is 26.1 Å². The van der Waals surface area contributed by atoms with Gasteiger partial charge in [-0.05, 0) is 24.7 Å².